The van der Waals surface area contributed by atoms with E-state index in [1.807, 2.05) is 35.2 Å². The van der Waals surface area contributed by atoms with Crippen LogP contribution in [0.15, 0.2) is 30.3 Å². The molecule has 1 heterocycles. The van der Waals surface area contributed by atoms with Crippen LogP contribution in [0.4, 0.5) is 4.79 Å². The average molecular weight is 353 g/mol. The molecule has 0 aliphatic carbocycles. The number of rotatable bonds is 6. The predicted molar refractivity (Wildman–Crippen MR) is 91.1 cm³/mol. The molecule has 24 heavy (non-hydrogen) atoms. The summed E-state index contributed by atoms with van der Waals surface area (Å²) in [5.74, 6) is -0.254. The number of amides is 3. The number of sulfone groups is 1. The molecule has 0 saturated carbocycles. The Bertz CT molecular complexity index is 676. The molecule has 0 bridgehead atoms. The molecule has 3 amide bonds. The molecule has 1 aliphatic heterocycles. The van der Waals surface area contributed by atoms with E-state index in [1.165, 1.54) is 0 Å². The van der Waals surface area contributed by atoms with Crippen molar-refractivity contribution in [1.82, 2.24) is 15.5 Å². The van der Waals surface area contributed by atoms with Crippen molar-refractivity contribution < 1.29 is 18.0 Å². The summed E-state index contributed by atoms with van der Waals surface area (Å²) < 4.78 is 23.5. The molecule has 132 valence electrons. The highest BCUT2D eigenvalue weighted by atomic mass is 32.2. The number of carbonyl (C=O) groups excluding carboxylic acids is 2. The van der Waals surface area contributed by atoms with Gasteiger partial charge in [-0.1, -0.05) is 30.3 Å². The zero-order chi connectivity index (χ0) is 17.6. The van der Waals surface area contributed by atoms with Crippen LogP contribution in [0.5, 0.6) is 0 Å². The summed E-state index contributed by atoms with van der Waals surface area (Å²) in [5.41, 5.74) is 0.993. The average Bonchev–Trinajstić information content (AvgIpc) is 2.88. The van der Waals surface area contributed by atoms with Crippen molar-refractivity contribution in [3.63, 3.8) is 0 Å². The largest absolute Gasteiger partial charge is 0.338 e. The zero-order valence-electron chi connectivity index (χ0n) is 13.7. The van der Waals surface area contributed by atoms with Crippen LogP contribution in [0, 0.1) is 0 Å². The van der Waals surface area contributed by atoms with Gasteiger partial charge in [0.25, 0.3) is 0 Å². The molecule has 0 spiro atoms. The van der Waals surface area contributed by atoms with Gasteiger partial charge in [0.15, 0.2) is 9.84 Å². The van der Waals surface area contributed by atoms with E-state index < -0.39 is 21.8 Å². The van der Waals surface area contributed by atoms with Crippen LogP contribution in [0.25, 0.3) is 0 Å². The van der Waals surface area contributed by atoms with Gasteiger partial charge in [-0.3, -0.25) is 15.0 Å². The van der Waals surface area contributed by atoms with Crippen molar-refractivity contribution in [2.45, 2.75) is 25.9 Å². The summed E-state index contributed by atoms with van der Waals surface area (Å²) in [6.45, 7) is 2.62. The minimum absolute atomic E-state index is 0.0216. The highest BCUT2D eigenvalue weighted by Gasteiger charge is 2.33. The first-order chi connectivity index (χ1) is 11.4. The zero-order valence-corrected chi connectivity index (χ0v) is 14.5. The van der Waals surface area contributed by atoms with Gasteiger partial charge < -0.3 is 5.32 Å². The Hall–Kier alpha value is -1.93. The highest BCUT2D eigenvalue weighted by molar-refractivity contribution is 7.91. The second-order valence-corrected chi connectivity index (χ2v) is 8.08. The number of urea groups is 1. The van der Waals surface area contributed by atoms with Crippen molar-refractivity contribution >= 4 is 21.8 Å². The van der Waals surface area contributed by atoms with Gasteiger partial charge in [0, 0.05) is 19.1 Å². The maximum absolute atomic E-state index is 12.1. The SMILES string of the molecule is CCNC(=O)NC(=O)CN(Cc1ccccc1)[C@@H]1CCS(=O)(=O)C1. The lowest BCUT2D eigenvalue weighted by molar-refractivity contribution is -0.121. The van der Waals surface area contributed by atoms with Gasteiger partial charge in [-0.05, 0) is 18.9 Å². The fourth-order valence-electron chi connectivity index (χ4n) is 2.75. The molecule has 1 aromatic rings. The minimum atomic E-state index is -3.05. The first kappa shape index (κ1) is 18.4. The molecule has 0 unspecified atom stereocenters. The third-order valence-corrected chi connectivity index (χ3v) is 5.64. The van der Waals surface area contributed by atoms with E-state index in [-0.39, 0.29) is 24.1 Å². The van der Waals surface area contributed by atoms with E-state index in [1.54, 1.807) is 6.92 Å². The van der Waals surface area contributed by atoms with Crippen LogP contribution in [0.2, 0.25) is 0 Å². The fraction of sp³-hybridized carbons (Fsp3) is 0.500. The molecule has 2 rings (SSSR count). The third-order valence-electron chi connectivity index (χ3n) is 3.89. The molecule has 1 atom stereocenters. The standard InChI is InChI=1S/C16H23N3O4S/c1-2-17-16(21)18-15(20)11-19(10-13-6-4-3-5-7-13)14-8-9-24(22,23)12-14/h3-7,14H,2,8-12H2,1H3,(H2,17,18,20,21)/t14-/m1/s1. The maximum Gasteiger partial charge on any atom is 0.321 e. The van der Waals surface area contributed by atoms with Crippen LogP contribution in [-0.2, 0) is 21.2 Å². The normalized spacial score (nSPS) is 19.2. The summed E-state index contributed by atoms with van der Waals surface area (Å²) in [5, 5.41) is 4.76. The van der Waals surface area contributed by atoms with E-state index >= 15 is 0 Å². The van der Waals surface area contributed by atoms with Crippen LogP contribution in [-0.4, -0.2) is 55.9 Å². The summed E-state index contributed by atoms with van der Waals surface area (Å²) in [6.07, 6.45) is 0.504. The third kappa shape index (κ3) is 5.61. The Morgan fingerprint density at radius 1 is 1.25 bits per heavy atom. The molecule has 1 saturated heterocycles. The molecule has 1 aliphatic rings. The van der Waals surface area contributed by atoms with Gasteiger partial charge in [-0.2, -0.15) is 0 Å². The van der Waals surface area contributed by atoms with Gasteiger partial charge in [0.1, 0.15) is 0 Å². The van der Waals surface area contributed by atoms with Crippen LogP contribution >= 0.6 is 0 Å². The lowest BCUT2D eigenvalue weighted by atomic mass is 10.1. The molecular weight excluding hydrogens is 330 g/mol. The summed E-state index contributed by atoms with van der Waals surface area (Å²) in [7, 11) is -3.05. The van der Waals surface area contributed by atoms with E-state index in [2.05, 4.69) is 10.6 Å². The first-order valence-electron chi connectivity index (χ1n) is 7.95. The van der Waals surface area contributed by atoms with Crippen molar-refractivity contribution in [3.8, 4) is 0 Å². The smallest absolute Gasteiger partial charge is 0.321 e. The van der Waals surface area contributed by atoms with Gasteiger partial charge in [0.05, 0.1) is 18.1 Å². The number of hydrogen-bond donors (Lipinski definition) is 2. The second-order valence-electron chi connectivity index (χ2n) is 5.86. The van der Waals surface area contributed by atoms with Gasteiger partial charge in [-0.25, -0.2) is 13.2 Å². The number of imide groups is 1. The Morgan fingerprint density at radius 2 is 1.96 bits per heavy atom. The van der Waals surface area contributed by atoms with Gasteiger partial charge in [0.2, 0.25) is 5.91 Å². The van der Waals surface area contributed by atoms with E-state index in [0.717, 1.165) is 5.56 Å². The Balaban J connectivity index is 2.05. The number of carbonyl (C=O) groups is 2. The van der Waals surface area contributed by atoms with Crippen molar-refractivity contribution in [1.29, 1.82) is 0 Å². The first-order valence-corrected chi connectivity index (χ1v) is 9.78. The molecule has 1 aromatic carbocycles. The Kier molecular flexibility index (Phi) is 6.33. The summed E-state index contributed by atoms with van der Waals surface area (Å²) in [4.78, 5) is 25.4. The van der Waals surface area contributed by atoms with Crippen molar-refractivity contribution in [2.24, 2.45) is 0 Å². The van der Waals surface area contributed by atoms with Crippen LogP contribution in [0.3, 0.4) is 0 Å². The topological polar surface area (TPSA) is 95.6 Å². The summed E-state index contributed by atoms with van der Waals surface area (Å²) >= 11 is 0. The number of hydrogen-bond acceptors (Lipinski definition) is 5. The molecule has 8 heteroatoms. The van der Waals surface area contributed by atoms with E-state index in [4.69, 9.17) is 0 Å². The minimum Gasteiger partial charge on any atom is -0.338 e. The van der Waals surface area contributed by atoms with E-state index in [9.17, 15) is 18.0 Å². The van der Waals surface area contributed by atoms with Gasteiger partial charge >= 0.3 is 6.03 Å². The lowest BCUT2D eigenvalue weighted by Gasteiger charge is -2.27. The lowest BCUT2D eigenvalue weighted by Crippen LogP contribution is -2.47. The highest BCUT2D eigenvalue weighted by Crippen LogP contribution is 2.19. The molecule has 0 radical (unpaired) electrons. The van der Waals surface area contributed by atoms with Gasteiger partial charge in [-0.15, -0.1) is 0 Å². The predicted octanol–water partition coefficient (Wildman–Crippen LogP) is 0.521. The van der Waals surface area contributed by atoms with Crippen LogP contribution < -0.4 is 10.6 Å². The quantitative estimate of drug-likeness (QED) is 0.777. The number of nitrogens with one attached hydrogen (secondary N) is 2. The van der Waals surface area contributed by atoms with E-state index in [0.29, 0.717) is 19.5 Å². The number of nitrogens with zero attached hydrogens (tertiary/aromatic N) is 1. The molecular formula is C16H23N3O4S. The monoisotopic (exact) mass is 353 g/mol. The molecule has 0 aromatic heterocycles. The summed E-state index contributed by atoms with van der Waals surface area (Å²) in [6, 6.07) is 8.80. The number of benzene rings is 1. The molecule has 1 fully saturated rings. The second kappa shape index (κ2) is 8.25. The van der Waals surface area contributed by atoms with Crippen molar-refractivity contribution in [2.75, 3.05) is 24.6 Å². The fourth-order valence-corrected chi connectivity index (χ4v) is 4.51. The Labute approximate surface area is 142 Å². The molecule has 2 N–H and O–H groups in total. The Morgan fingerprint density at radius 3 is 2.54 bits per heavy atom. The molecule has 7 nitrogen and oxygen atoms in total. The maximum atomic E-state index is 12.1. The van der Waals surface area contributed by atoms with Crippen LogP contribution in [0.1, 0.15) is 18.9 Å². The van der Waals surface area contributed by atoms with Crippen molar-refractivity contribution in [3.05, 3.63) is 35.9 Å².